The van der Waals surface area contributed by atoms with E-state index in [2.05, 4.69) is 5.32 Å². The van der Waals surface area contributed by atoms with Crippen molar-refractivity contribution in [2.75, 3.05) is 20.1 Å². The van der Waals surface area contributed by atoms with Gasteiger partial charge in [0.15, 0.2) is 0 Å². The SMILES string of the molecule is CN(CC(=O)O)C(=O)C1CCCCN1. The molecule has 0 spiro atoms. The Kier molecular flexibility index (Phi) is 3.88. The Labute approximate surface area is 83.1 Å². The molecule has 0 aromatic heterocycles. The van der Waals surface area contributed by atoms with E-state index in [0.717, 1.165) is 25.8 Å². The number of aliphatic carboxylic acids is 1. The molecule has 0 aromatic rings. The van der Waals surface area contributed by atoms with E-state index in [0.29, 0.717) is 0 Å². The molecule has 1 atom stereocenters. The molecule has 5 nitrogen and oxygen atoms in total. The zero-order valence-electron chi connectivity index (χ0n) is 8.32. The number of carboxylic acid groups (broad SMARTS) is 1. The molecule has 1 fully saturated rings. The van der Waals surface area contributed by atoms with E-state index < -0.39 is 5.97 Å². The first kappa shape index (κ1) is 11.0. The second kappa shape index (κ2) is 4.95. The van der Waals surface area contributed by atoms with Crippen molar-refractivity contribution in [3.8, 4) is 0 Å². The number of carboxylic acids is 1. The van der Waals surface area contributed by atoms with Crippen LogP contribution in [0.4, 0.5) is 0 Å². The van der Waals surface area contributed by atoms with Gasteiger partial charge in [0.25, 0.3) is 0 Å². The molecule has 1 aliphatic heterocycles. The molecule has 0 bridgehead atoms. The van der Waals surface area contributed by atoms with Crippen LogP contribution in [-0.2, 0) is 9.59 Å². The van der Waals surface area contributed by atoms with Gasteiger partial charge >= 0.3 is 5.97 Å². The Hall–Kier alpha value is -1.10. The van der Waals surface area contributed by atoms with Crippen LogP contribution in [0.1, 0.15) is 19.3 Å². The lowest BCUT2D eigenvalue weighted by Crippen LogP contribution is -2.48. The van der Waals surface area contributed by atoms with Gasteiger partial charge in [-0.15, -0.1) is 0 Å². The van der Waals surface area contributed by atoms with Crippen molar-refractivity contribution < 1.29 is 14.7 Å². The monoisotopic (exact) mass is 200 g/mol. The van der Waals surface area contributed by atoms with Crippen LogP contribution < -0.4 is 5.32 Å². The third kappa shape index (κ3) is 2.99. The molecule has 1 rings (SSSR count). The number of likely N-dealkylation sites (N-methyl/N-ethyl adjacent to an activating group) is 1. The van der Waals surface area contributed by atoms with Crippen LogP contribution in [0.5, 0.6) is 0 Å². The lowest BCUT2D eigenvalue weighted by molar-refractivity contribution is -0.144. The number of carbonyl (C=O) groups is 2. The molecule has 5 heteroatoms. The number of nitrogens with one attached hydrogen (secondary N) is 1. The van der Waals surface area contributed by atoms with E-state index in [-0.39, 0.29) is 18.5 Å². The van der Waals surface area contributed by atoms with Crippen LogP contribution in [0.3, 0.4) is 0 Å². The summed E-state index contributed by atoms with van der Waals surface area (Å²) >= 11 is 0. The maximum absolute atomic E-state index is 11.6. The van der Waals surface area contributed by atoms with Crippen LogP contribution in [-0.4, -0.2) is 48.1 Å². The topological polar surface area (TPSA) is 69.6 Å². The van der Waals surface area contributed by atoms with Gasteiger partial charge in [0.05, 0.1) is 6.04 Å². The van der Waals surface area contributed by atoms with Crippen molar-refractivity contribution in [1.29, 1.82) is 0 Å². The normalized spacial score (nSPS) is 21.6. The third-order valence-corrected chi connectivity index (χ3v) is 2.36. The molecule has 0 aliphatic carbocycles. The average Bonchev–Trinajstić information content (AvgIpc) is 2.17. The summed E-state index contributed by atoms with van der Waals surface area (Å²) in [7, 11) is 1.52. The standard InChI is InChI=1S/C9H16N2O3/c1-11(6-8(12)13)9(14)7-4-2-3-5-10-7/h7,10H,2-6H2,1H3,(H,12,13). The van der Waals surface area contributed by atoms with E-state index in [1.54, 1.807) is 0 Å². The summed E-state index contributed by atoms with van der Waals surface area (Å²) < 4.78 is 0. The van der Waals surface area contributed by atoms with Gasteiger partial charge in [-0.05, 0) is 19.4 Å². The van der Waals surface area contributed by atoms with E-state index in [9.17, 15) is 9.59 Å². The fourth-order valence-corrected chi connectivity index (χ4v) is 1.61. The fourth-order valence-electron chi connectivity index (χ4n) is 1.61. The number of carbonyl (C=O) groups excluding carboxylic acids is 1. The second-order valence-corrected chi connectivity index (χ2v) is 3.59. The largest absolute Gasteiger partial charge is 0.480 e. The first-order valence-corrected chi connectivity index (χ1v) is 4.81. The summed E-state index contributed by atoms with van der Waals surface area (Å²) in [5.41, 5.74) is 0. The zero-order chi connectivity index (χ0) is 10.6. The number of rotatable bonds is 3. The number of hydrogen-bond acceptors (Lipinski definition) is 3. The Bertz CT molecular complexity index is 224. The molecule has 2 N–H and O–H groups in total. The van der Waals surface area contributed by atoms with Gasteiger partial charge in [0.1, 0.15) is 6.54 Å². The van der Waals surface area contributed by atoms with Gasteiger partial charge in [-0.1, -0.05) is 6.42 Å². The highest BCUT2D eigenvalue weighted by molar-refractivity contribution is 5.85. The quantitative estimate of drug-likeness (QED) is 0.654. The maximum atomic E-state index is 11.6. The van der Waals surface area contributed by atoms with Crippen LogP contribution in [0, 0.1) is 0 Å². The summed E-state index contributed by atoms with van der Waals surface area (Å²) in [6, 6.07) is -0.187. The zero-order valence-corrected chi connectivity index (χ0v) is 8.32. The smallest absolute Gasteiger partial charge is 0.323 e. The van der Waals surface area contributed by atoms with Crippen molar-refractivity contribution in [3.05, 3.63) is 0 Å². The highest BCUT2D eigenvalue weighted by Crippen LogP contribution is 2.08. The van der Waals surface area contributed by atoms with Gasteiger partial charge in [-0.3, -0.25) is 9.59 Å². The first-order valence-electron chi connectivity index (χ1n) is 4.81. The number of nitrogens with zero attached hydrogens (tertiary/aromatic N) is 1. The summed E-state index contributed by atoms with van der Waals surface area (Å²) in [5.74, 6) is -1.09. The molecule has 80 valence electrons. The Morgan fingerprint density at radius 1 is 1.50 bits per heavy atom. The van der Waals surface area contributed by atoms with Gasteiger partial charge in [-0.25, -0.2) is 0 Å². The van der Waals surface area contributed by atoms with Crippen molar-refractivity contribution >= 4 is 11.9 Å². The lowest BCUT2D eigenvalue weighted by Gasteiger charge is -2.26. The fraction of sp³-hybridized carbons (Fsp3) is 0.778. The molecular weight excluding hydrogens is 184 g/mol. The van der Waals surface area contributed by atoms with Gasteiger partial charge in [-0.2, -0.15) is 0 Å². The molecule has 0 saturated carbocycles. The molecule has 14 heavy (non-hydrogen) atoms. The summed E-state index contributed by atoms with van der Waals surface area (Å²) in [6.07, 6.45) is 2.93. The minimum absolute atomic E-state index is 0.118. The molecule has 1 aliphatic rings. The molecular formula is C9H16N2O3. The molecule has 1 heterocycles. The highest BCUT2D eigenvalue weighted by atomic mass is 16.4. The minimum atomic E-state index is -0.975. The van der Waals surface area contributed by atoms with Crippen molar-refractivity contribution in [3.63, 3.8) is 0 Å². The first-order chi connectivity index (χ1) is 6.61. The van der Waals surface area contributed by atoms with Crippen molar-refractivity contribution in [2.45, 2.75) is 25.3 Å². The third-order valence-electron chi connectivity index (χ3n) is 2.36. The van der Waals surface area contributed by atoms with Crippen LogP contribution in [0.25, 0.3) is 0 Å². The molecule has 1 saturated heterocycles. The van der Waals surface area contributed by atoms with E-state index in [1.807, 2.05) is 0 Å². The van der Waals surface area contributed by atoms with Gasteiger partial charge < -0.3 is 15.3 Å². The molecule has 0 radical (unpaired) electrons. The second-order valence-electron chi connectivity index (χ2n) is 3.59. The number of amides is 1. The van der Waals surface area contributed by atoms with E-state index in [4.69, 9.17) is 5.11 Å². The van der Waals surface area contributed by atoms with E-state index in [1.165, 1.54) is 11.9 Å². The predicted octanol–water partition coefficient (Wildman–Crippen LogP) is -0.328. The average molecular weight is 200 g/mol. The van der Waals surface area contributed by atoms with Gasteiger partial charge in [0, 0.05) is 7.05 Å². The number of piperidine rings is 1. The minimum Gasteiger partial charge on any atom is -0.480 e. The molecule has 0 aromatic carbocycles. The summed E-state index contributed by atoms with van der Waals surface area (Å²) in [6.45, 7) is 0.619. The Morgan fingerprint density at radius 2 is 2.21 bits per heavy atom. The molecule has 1 amide bonds. The lowest BCUT2D eigenvalue weighted by atomic mass is 10.0. The van der Waals surface area contributed by atoms with Gasteiger partial charge in [0.2, 0.25) is 5.91 Å². The maximum Gasteiger partial charge on any atom is 0.323 e. The number of hydrogen-bond donors (Lipinski definition) is 2. The predicted molar refractivity (Wildman–Crippen MR) is 50.9 cm³/mol. The molecule has 1 unspecified atom stereocenters. The Balaban J connectivity index is 2.42. The van der Waals surface area contributed by atoms with Crippen LogP contribution in [0.15, 0.2) is 0 Å². The van der Waals surface area contributed by atoms with E-state index >= 15 is 0 Å². The van der Waals surface area contributed by atoms with Crippen LogP contribution in [0.2, 0.25) is 0 Å². The highest BCUT2D eigenvalue weighted by Gasteiger charge is 2.24. The van der Waals surface area contributed by atoms with Crippen molar-refractivity contribution in [1.82, 2.24) is 10.2 Å². The summed E-state index contributed by atoms with van der Waals surface area (Å²) in [5, 5.41) is 11.6. The summed E-state index contributed by atoms with van der Waals surface area (Å²) in [4.78, 5) is 23.3. The van der Waals surface area contributed by atoms with Crippen molar-refractivity contribution in [2.24, 2.45) is 0 Å². The van der Waals surface area contributed by atoms with Crippen LogP contribution >= 0.6 is 0 Å². The Morgan fingerprint density at radius 3 is 2.71 bits per heavy atom.